The number of hydrogen-bond acceptors (Lipinski definition) is 2. The average molecular weight is 95.1 g/mol. The molecule has 0 radical (unpaired) electrons. The second-order valence-electron chi connectivity index (χ2n) is 0. The van der Waals surface area contributed by atoms with E-state index in [0.29, 0.717) is 0 Å². The first-order valence-corrected chi connectivity index (χ1v) is 0.548. The molecule has 0 rings (SSSR count). The van der Waals surface area contributed by atoms with Gasteiger partial charge in [-0.25, -0.2) is 0 Å². The van der Waals surface area contributed by atoms with Crippen LogP contribution in [0.3, 0.4) is 0 Å². The van der Waals surface area contributed by atoms with E-state index in [9.17, 15) is 0 Å². The van der Waals surface area contributed by atoms with Crippen LogP contribution in [-0.4, -0.2) is 4.55 Å². The van der Waals surface area contributed by atoms with Crippen molar-refractivity contribution in [2.45, 2.75) is 0 Å². The summed E-state index contributed by atoms with van der Waals surface area (Å²) in [5.74, 6) is 0. The molecule has 4 heavy (non-hydrogen) atoms. The van der Waals surface area contributed by atoms with Gasteiger partial charge in [-0.3, -0.25) is 0 Å². The summed E-state index contributed by atoms with van der Waals surface area (Å²) in [6, 6.07) is 0. The molecule has 0 aliphatic heterocycles. The van der Waals surface area contributed by atoms with Crippen LogP contribution in [0.25, 0.3) is 0 Å². The van der Waals surface area contributed by atoms with Crippen LogP contribution in [0.1, 0.15) is 0 Å². The minimum atomic E-state index is 0. The SMILES string of the molecule is O[S-].[Na+].[Na+]. The van der Waals surface area contributed by atoms with Gasteiger partial charge in [0.05, 0.1) is 0 Å². The van der Waals surface area contributed by atoms with E-state index >= 15 is 0 Å². The molecule has 4 heteroatoms. The Hall–Kier alpha value is 2.31. The van der Waals surface area contributed by atoms with Crippen LogP contribution < -0.4 is 59.1 Å². The van der Waals surface area contributed by atoms with Gasteiger partial charge >= 0.3 is 59.1 Å². The van der Waals surface area contributed by atoms with Crippen molar-refractivity contribution >= 4 is 12.9 Å². The number of rotatable bonds is 0. The molecule has 0 aromatic heterocycles. The molecule has 0 heterocycles. The zero-order valence-electron chi connectivity index (χ0n) is 2.86. The van der Waals surface area contributed by atoms with E-state index in [1.54, 1.807) is 0 Å². The minimum Gasteiger partial charge on any atom is -0.628 e. The van der Waals surface area contributed by atoms with Crippen LogP contribution in [0.2, 0.25) is 0 Å². The molecular weight excluding hydrogens is 94.0 g/mol. The van der Waals surface area contributed by atoms with E-state index in [2.05, 4.69) is 12.9 Å². The first-order valence-electron chi connectivity index (χ1n) is 0.183. The Morgan fingerprint density at radius 3 is 1.00 bits per heavy atom. The van der Waals surface area contributed by atoms with E-state index in [-0.39, 0.29) is 59.1 Å². The predicted molar refractivity (Wildman–Crippen MR) is 9.99 cm³/mol. The number of hydrogen-bond donors (Lipinski definition) is 1. The predicted octanol–water partition coefficient (Wildman–Crippen LogP) is -5.99. The zero-order chi connectivity index (χ0) is 2.00. The second kappa shape index (κ2) is 18.5. The third kappa shape index (κ3) is 8.85. The fraction of sp³-hybridized carbons (Fsp3) is 0. The Morgan fingerprint density at radius 2 is 1.00 bits per heavy atom. The van der Waals surface area contributed by atoms with E-state index in [1.165, 1.54) is 0 Å². The van der Waals surface area contributed by atoms with Gasteiger partial charge in [-0.2, -0.15) is 0 Å². The molecule has 0 aliphatic carbocycles. The Balaban J connectivity index is -0.00000000500. The molecule has 1 N–H and O–H groups in total. The zero-order valence-corrected chi connectivity index (χ0v) is 7.67. The van der Waals surface area contributed by atoms with Gasteiger partial charge in [0.25, 0.3) is 0 Å². The molecule has 0 aliphatic rings. The molecule has 0 amide bonds. The summed E-state index contributed by atoms with van der Waals surface area (Å²) in [4.78, 5) is 0. The van der Waals surface area contributed by atoms with E-state index in [1.807, 2.05) is 0 Å². The van der Waals surface area contributed by atoms with Crippen molar-refractivity contribution in [3.63, 3.8) is 0 Å². The van der Waals surface area contributed by atoms with Gasteiger partial charge in [0.1, 0.15) is 0 Å². The molecule has 0 aromatic carbocycles. The first-order chi connectivity index (χ1) is 1.00. The van der Waals surface area contributed by atoms with Crippen molar-refractivity contribution in [1.82, 2.24) is 0 Å². The average Bonchev–Trinajstić information content (AvgIpc) is 1.00. The summed E-state index contributed by atoms with van der Waals surface area (Å²) in [6.07, 6.45) is 0. The van der Waals surface area contributed by atoms with Gasteiger partial charge in [0, 0.05) is 0 Å². The maximum absolute atomic E-state index is 6.58. The molecule has 0 bridgehead atoms. The molecule has 0 spiro atoms. The van der Waals surface area contributed by atoms with Crippen LogP contribution in [0.5, 0.6) is 0 Å². The van der Waals surface area contributed by atoms with E-state index in [0.717, 1.165) is 0 Å². The van der Waals surface area contributed by atoms with Crippen molar-refractivity contribution in [2.24, 2.45) is 0 Å². The Labute approximate surface area is 75.4 Å². The van der Waals surface area contributed by atoms with Gasteiger partial charge in [-0.15, -0.1) is 0 Å². The Kier molecular flexibility index (Phi) is 75.0. The van der Waals surface area contributed by atoms with Crippen LogP contribution in [-0.2, 0) is 12.9 Å². The van der Waals surface area contributed by atoms with Crippen molar-refractivity contribution in [1.29, 1.82) is 0 Å². The maximum atomic E-state index is 6.58. The molecule has 0 atom stereocenters. The fourth-order valence-electron chi connectivity index (χ4n) is 0. The summed E-state index contributed by atoms with van der Waals surface area (Å²) >= 11 is 3.08. The summed E-state index contributed by atoms with van der Waals surface area (Å²) in [5, 5.41) is 0. The quantitative estimate of drug-likeness (QED) is 0.239. The minimum absolute atomic E-state index is 0. The largest absolute Gasteiger partial charge is 1.00 e. The topological polar surface area (TPSA) is 20.2 Å². The summed E-state index contributed by atoms with van der Waals surface area (Å²) < 4.78 is 6.58. The Morgan fingerprint density at radius 1 is 1.00 bits per heavy atom. The monoisotopic (exact) mass is 95.0 g/mol. The summed E-state index contributed by atoms with van der Waals surface area (Å²) in [5.41, 5.74) is 0. The maximum Gasteiger partial charge on any atom is 1.00 e. The normalized spacial score (nSPS) is 1.50. The smallest absolute Gasteiger partial charge is 0.628 e. The molecule has 14 valence electrons. The van der Waals surface area contributed by atoms with Gasteiger partial charge in [-0.1, -0.05) is 0 Å². The van der Waals surface area contributed by atoms with Crippen LogP contribution in [0.4, 0.5) is 0 Å². The molecular formula is HNa2OS+. The second-order valence-corrected chi connectivity index (χ2v) is 0. The van der Waals surface area contributed by atoms with E-state index < -0.39 is 0 Å². The third-order valence-electron chi connectivity index (χ3n) is 0. The fourth-order valence-corrected chi connectivity index (χ4v) is 0. The van der Waals surface area contributed by atoms with Gasteiger partial charge < -0.3 is 17.5 Å². The third-order valence-corrected chi connectivity index (χ3v) is 0. The molecule has 1 nitrogen and oxygen atoms in total. The van der Waals surface area contributed by atoms with Gasteiger partial charge in [0.2, 0.25) is 0 Å². The molecule has 0 saturated carbocycles. The van der Waals surface area contributed by atoms with Gasteiger partial charge in [0.15, 0.2) is 0 Å². The van der Waals surface area contributed by atoms with Crippen LogP contribution >= 0.6 is 0 Å². The van der Waals surface area contributed by atoms with Crippen LogP contribution in [0.15, 0.2) is 0 Å². The standard InChI is InChI=1S/2Na.H2OS/c;;1-2/h;;1-2H/q2*+1;/p-1. The van der Waals surface area contributed by atoms with E-state index in [4.69, 9.17) is 4.55 Å². The van der Waals surface area contributed by atoms with Gasteiger partial charge in [-0.05, 0) is 0 Å². The molecule has 0 aromatic rings. The van der Waals surface area contributed by atoms with Crippen LogP contribution in [0, 0.1) is 0 Å². The molecule has 0 unspecified atom stereocenters. The van der Waals surface area contributed by atoms with Crippen molar-refractivity contribution in [2.75, 3.05) is 0 Å². The Bertz CT molecular complexity index is 6.00. The van der Waals surface area contributed by atoms with Crippen molar-refractivity contribution in [3.8, 4) is 0 Å². The first kappa shape index (κ1) is 16.2. The van der Waals surface area contributed by atoms with Crippen molar-refractivity contribution < 1.29 is 63.7 Å². The molecule has 0 saturated heterocycles. The summed E-state index contributed by atoms with van der Waals surface area (Å²) in [7, 11) is 0. The molecule has 0 fully saturated rings. The summed E-state index contributed by atoms with van der Waals surface area (Å²) in [6.45, 7) is 0. The van der Waals surface area contributed by atoms with Crippen molar-refractivity contribution in [3.05, 3.63) is 0 Å².